The predicted octanol–water partition coefficient (Wildman–Crippen LogP) is 0.521. The molecular weight excluding hydrogens is 236 g/mol. The zero-order valence-electron chi connectivity index (χ0n) is 10.3. The molecule has 0 radical (unpaired) electrons. The van der Waals surface area contributed by atoms with E-state index in [2.05, 4.69) is 20.5 Å². The van der Waals surface area contributed by atoms with Gasteiger partial charge in [-0.2, -0.15) is 0 Å². The van der Waals surface area contributed by atoms with Gasteiger partial charge in [-0.25, -0.2) is 9.78 Å². The molecule has 1 fully saturated rings. The van der Waals surface area contributed by atoms with Gasteiger partial charge in [-0.05, 0) is 18.8 Å². The Labute approximate surface area is 104 Å². The van der Waals surface area contributed by atoms with Crippen molar-refractivity contribution < 1.29 is 14.7 Å². The van der Waals surface area contributed by atoms with Gasteiger partial charge in [0.05, 0.1) is 0 Å². The summed E-state index contributed by atoms with van der Waals surface area (Å²) in [4.78, 5) is 26.8. The fraction of sp³-hybridized carbons (Fsp3) is 0.636. The minimum atomic E-state index is -1.06. The fourth-order valence-corrected chi connectivity index (χ4v) is 1.63. The van der Waals surface area contributed by atoms with Gasteiger partial charge in [0.1, 0.15) is 11.9 Å². The highest BCUT2D eigenvalue weighted by molar-refractivity contribution is 5.93. The van der Waals surface area contributed by atoms with Crippen LogP contribution in [0.25, 0.3) is 0 Å². The Bertz CT molecular complexity index is 465. The van der Waals surface area contributed by atoms with Crippen LogP contribution in [0.3, 0.4) is 0 Å². The van der Waals surface area contributed by atoms with Crippen molar-refractivity contribution >= 4 is 11.9 Å². The molecule has 0 spiro atoms. The van der Waals surface area contributed by atoms with Gasteiger partial charge in [-0.3, -0.25) is 9.89 Å². The SMILES string of the molecule is CC(C)C(NC(=O)c1n[nH]c(C2CC2)n1)C(=O)O. The lowest BCUT2D eigenvalue weighted by Gasteiger charge is -2.16. The van der Waals surface area contributed by atoms with Crippen LogP contribution in [-0.4, -0.2) is 38.2 Å². The molecule has 2 rings (SSSR count). The van der Waals surface area contributed by atoms with Crippen molar-refractivity contribution in [1.82, 2.24) is 20.5 Å². The Morgan fingerprint density at radius 1 is 1.44 bits per heavy atom. The first-order chi connectivity index (χ1) is 8.49. The molecule has 7 heteroatoms. The average molecular weight is 252 g/mol. The molecule has 1 aliphatic carbocycles. The fourth-order valence-electron chi connectivity index (χ4n) is 1.63. The van der Waals surface area contributed by atoms with Crippen LogP contribution in [0, 0.1) is 5.92 Å². The summed E-state index contributed by atoms with van der Waals surface area (Å²) >= 11 is 0. The van der Waals surface area contributed by atoms with Crippen molar-refractivity contribution in [1.29, 1.82) is 0 Å². The maximum Gasteiger partial charge on any atom is 0.326 e. The summed E-state index contributed by atoms with van der Waals surface area (Å²) in [6, 6.07) is -0.930. The molecule has 1 atom stereocenters. The summed E-state index contributed by atoms with van der Waals surface area (Å²) in [5.41, 5.74) is 0. The van der Waals surface area contributed by atoms with E-state index in [1.54, 1.807) is 13.8 Å². The third-order valence-corrected chi connectivity index (χ3v) is 2.89. The van der Waals surface area contributed by atoms with Crippen molar-refractivity contribution in [2.45, 2.75) is 38.6 Å². The Morgan fingerprint density at radius 2 is 2.11 bits per heavy atom. The molecule has 0 bridgehead atoms. The van der Waals surface area contributed by atoms with E-state index in [1.807, 2.05) is 0 Å². The third kappa shape index (κ3) is 2.66. The van der Waals surface area contributed by atoms with Gasteiger partial charge in [0.15, 0.2) is 0 Å². The van der Waals surface area contributed by atoms with Crippen molar-refractivity contribution in [2.24, 2.45) is 5.92 Å². The zero-order valence-corrected chi connectivity index (χ0v) is 10.3. The van der Waals surface area contributed by atoms with Crippen LogP contribution >= 0.6 is 0 Å². The van der Waals surface area contributed by atoms with E-state index < -0.39 is 17.9 Å². The van der Waals surface area contributed by atoms with Gasteiger partial charge in [0.2, 0.25) is 5.82 Å². The highest BCUT2D eigenvalue weighted by Gasteiger charge is 2.29. The van der Waals surface area contributed by atoms with E-state index in [9.17, 15) is 9.59 Å². The van der Waals surface area contributed by atoms with Crippen molar-refractivity contribution in [3.8, 4) is 0 Å². The Morgan fingerprint density at radius 3 is 2.61 bits per heavy atom. The van der Waals surface area contributed by atoms with Crippen LogP contribution in [0.15, 0.2) is 0 Å². The number of H-pyrrole nitrogens is 1. The van der Waals surface area contributed by atoms with Crippen LogP contribution in [0.1, 0.15) is 49.1 Å². The summed E-state index contributed by atoms with van der Waals surface area (Å²) in [6.45, 7) is 3.46. The largest absolute Gasteiger partial charge is 0.480 e. The van der Waals surface area contributed by atoms with Gasteiger partial charge in [0, 0.05) is 5.92 Å². The predicted molar refractivity (Wildman–Crippen MR) is 62.1 cm³/mol. The van der Waals surface area contributed by atoms with E-state index in [4.69, 9.17) is 5.11 Å². The number of carbonyl (C=O) groups is 2. The molecule has 7 nitrogen and oxygen atoms in total. The quantitative estimate of drug-likeness (QED) is 0.708. The van der Waals surface area contributed by atoms with E-state index in [1.165, 1.54) is 0 Å². The normalized spacial score (nSPS) is 16.6. The lowest BCUT2D eigenvalue weighted by molar-refractivity contribution is -0.140. The number of aromatic amines is 1. The van der Waals surface area contributed by atoms with E-state index in [0.717, 1.165) is 12.8 Å². The standard InChI is InChI=1S/C11H16N4O3/c1-5(2)7(11(17)18)12-10(16)9-13-8(14-15-9)6-3-4-6/h5-7H,3-4H2,1-2H3,(H,12,16)(H,17,18)(H,13,14,15). The van der Waals surface area contributed by atoms with Crippen LogP contribution in [-0.2, 0) is 4.79 Å². The molecule has 1 amide bonds. The van der Waals surface area contributed by atoms with Crippen molar-refractivity contribution in [3.05, 3.63) is 11.6 Å². The van der Waals surface area contributed by atoms with E-state index in [-0.39, 0.29) is 11.7 Å². The summed E-state index contributed by atoms with van der Waals surface area (Å²) < 4.78 is 0. The Kier molecular flexibility index (Phi) is 3.31. The molecule has 18 heavy (non-hydrogen) atoms. The van der Waals surface area contributed by atoms with Gasteiger partial charge in [-0.1, -0.05) is 13.8 Å². The highest BCUT2D eigenvalue weighted by Crippen LogP contribution is 2.37. The summed E-state index contributed by atoms with van der Waals surface area (Å²) in [5, 5.41) is 17.9. The second kappa shape index (κ2) is 4.75. The number of aliphatic carboxylic acids is 1. The third-order valence-electron chi connectivity index (χ3n) is 2.89. The van der Waals surface area contributed by atoms with Crippen molar-refractivity contribution in [3.63, 3.8) is 0 Å². The number of aromatic nitrogens is 3. The van der Waals surface area contributed by atoms with Crippen LogP contribution < -0.4 is 5.32 Å². The number of carboxylic acid groups (broad SMARTS) is 1. The van der Waals surface area contributed by atoms with Crippen LogP contribution in [0.5, 0.6) is 0 Å². The molecule has 0 aliphatic heterocycles. The first-order valence-electron chi connectivity index (χ1n) is 5.95. The number of carbonyl (C=O) groups excluding carboxylic acids is 1. The van der Waals surface area contributed by atoms with Gasteiger partial charge >= 0.3 is 5.97 Å². The number of rotatable bonds is 5. The monoisotopic (exact) mass is 252 g/mol. The number of amides is 1. The summed E-state index contributed by atoms with van der Waals surface area (Å²) in [6.07, 6.45) is 2.11. The molecule has 1 aromatic rings. The number of carboxylic acids is 1. The molecule has 1 unspecified atom stereocenters. The first-order valence-corrected chi connectivity index (χ1v) is 5.95. The number of hydrogen-bond donors (Lipinski definition) is 3. The van der Waals surface area contributed by atoms with Gasteiger partial charge in [0.25, 0.3) is 5.91 Å². The molecule has 3 N–H and O–H groups in total. The van der Waals surface area contributed by atoms with E-state index in [0.29, 0.717) is 11.7 Å². The molecule has 0 aromatic carbocycles. The molecular formula is C11H16N4O3. The molecule has 1 saturated carbocycles. The molecule has 1 aliphatic rings. The Hall–Kier alpha value is -1.92. The zero-order chi connectivity index (χ0) is 13.3. The lowest BCUT2D eigenvalue weighted by atomic mass is 10.1. The lowest BCUT2D eigenvalue weighted by Crippen LogP contribution is -2.44. The van der Waals surface area contributed by atoms with Crippen molar-refractivity contribution in [2.75, 3.05) is 0 Å². The van der Waals surface area contributed by atoms with Crippen LogP contribution in [0.4, 0.5) is 0 Å². The minimum absolute atomic E-state index is 0.00352. The smallest absolute Gasteiger partial charge is 0.326 e. The molecule has 1 heterocycles. The maximum atomic E-state index is 11.8. The summed E-state index contributed by atoms with van der Waals surface area (Å²) in [7, 11) is 0. The number of hydrogen-bond acceptors (Lipinski definition) is 4. The topological polar surface area (TPSA) is 108 Å². The first kappa shape index (κ1) is 12.5. The van der Waals surface area contributed by atoms with Gasteiger partial charge in [-0.15, -0.1) is 5.10 Å². The minimum Gasteiger partial charge on any atom is -0.480 e. The maximum absolute atomic E-state index is 11.8. The second-order valence-electron chi connectivity index (χ2n) is 4.85. The highest BCUT2D eigenvalue weighted by atomic mass is 16.4. The van der Waals surface area contributed by atoms with E-state index >= 15 is 0 Å². The average Bonchev–Trinajstić information content (AvgIpc) is 3.03. The number of nitrogens with one attached hydrogen (secondary N) is 2. The molecule has 98 valence electrons. The molecule has 1 aromatic heterocycles. The summed E-state index contributed by atoms with van der Waals surface area (Å²) in [5.74, 6) is -0.733. The van der Waals surface area contributed by atoms with Gasteiger partial charge < -0.3 is 10.4 Å². The van der Waals surface area contributed by atoms with Crippen LogP contribution in [0.2, 0.25) is 0 Å². The molecule has 0 saturated heterocycles. The second-order valence-corrected chi connectivity index (χ2v) is 4.85. The Balaban J connectivity index is 2.03. The number of nitrogens with zero attached hydrogens (tertiary/aromatic N) is 2.